The van der Waals surface area contributed by atoms with Crippen LogP contribution in [0.4, 0.5) is 8.78 Å². The van der Waals surface area contributed by atoms with Crippen molar-refractivity contribution >= 4 is 11.0 Å². The third-order valence-corrected chi connectivity index (χ3v) is 6.93. The van der Waals surface area contributed by atoms with Crippen LogP contribution in [-0.4, -0.2) is 56.2 Å². The Hall–Kier alpha value is -3.75. The smallest absolute Gasteiger partial charge is 0.336 e. The van der Waals surface area contributed by atoms with Gasteiger partial charge in [-0.15, -0.1) is 0 Å². The fraction of sp³-hybridized carbons (Fsp3) is 0.300. The van der Waals surface area contributed by atoms with E-state index in [1.807, 2.05) is 0 Å². The van der Waals surface area contributed by atoms with Gasteiger partial charge in [0.05, 0.1) is 19.8 Å². The van der Waals surface area contributed by atoms with E-state index in [2.05, 4.69) is 9.80 Å². The standard InChI is InChI=1S/C30H30F2N2O4/c1-36-27-19-23-7-12-29(35)38-26(23)20-28(27)37-18-2-13-33-14-16-34(17-15-33)30(21-3-8-24(31)9-4-21)22-5-10-25(32)11-6-22/h3-12,19-20,30H,2,13-18H2,1H3. The van der Waals surface area contributed by atoms with Crippen LogP contribution in [0.15, 0.2) is 82.0 Å². The van der Waals surface area contributed by atoms with E-state index >= 15 is 0 Å². The molecule has 38 heavy (non-hydrogen) atoms. The van der Waals surface area contributed by atoms with Gasteiger partial charge in [0.25, 0.3) is 0 Å². The van der Waals surface area contributed by atoms with Crippen LogP contribution in [0.3, 0.4) is 0 Å². The number of methoxy groups -OCH3 is 1. The first-order chi connectivity index (χ1) is 18.5. The van der Waals surface area contributed by atoms with Gasteiger partial charge >= 0.3 is 5.63 Å². The molecule has 0 atom stereocenters. The summed E-state index contributed by atoms with van der Waals surface area (Å²) in [5.41, 5.74) is 2.02. The first kappa shape index (κ1) is 25.9. The van der Waals surface area contributed by atoms with Gasteiger partial charge in [-0.2, -0.15) is 0 Å². The van der Waals surface area contributed by atoms with E-state index in [4.69, 9.17) is 13.9 Å². The molecule has 1 aliphatic heterocycles. The molecule has 0 radical (unpaired) electrons. The van der Waals surface area contributed by atoms with Gasteiger partial charge in [0.1, 0.15) is 17.2 Å². The van der Waals surface area contributed by atoms with Crippen molar-refractivity contribution in [1.29, 1.82) is 0 Å². The lowest BCUT2D eigenvalue weighted by Gasteiger charge is -2.39. The number of ether oxygens (including phenoxy) is 2. The van der Waals surface area contributed by atoms with Gasteiger partial charge < -0.3 is 18.8 Å². The number of halogens is 2. The van der Waals surface area contributed by atoms with Crippen molar-refractivity contribution in [2.45, 2.75) is 12.5 Å². The summed E-state index contributed by atoms with van der Waals surface area (Å²) < 4.78 is 43.8. The Labute approximate surface area is 220 Å². The highest BCUT2D eigenvalue weighted by Gasteiger charge is 2.26. The molecule has 8 heteroatoms. The van der Waals surface area contributed by atoms with Crippen molar-refractivity contribution < 1.29 is 22.7 Å². The fourth-order valence-electron chi connectivity index (χ4n) is 4.97. The van der Waals surface area contributed by atoms with Crippen molar-refractivity contribution in [3.05, 3.63) is 106 Å². The SMILES string of the molecule is COc1cc2ccc(=O)oc2cc1OCCCN1CCN(C(c2ccc(F)cc2)c2ccc(F)cc2)CC1. The summed E-state index contributed by atoms with van der Waals surface area (Å²) in [5.74, 6) is 0.585. The van der Waals surface area contributed by atoms with E-state index < -0.39 is 5.63 Å². The predicted molar refractivity (Wildman–Crippen MR) is 142 cm³/mol. The maximum atomic E-state index is 13.6. The summed E-state index contributed by atoms with van der Waals surface area (Å²) >= 11 is 0. The van der Waals surface area contributed by atoms with Gasteiger partial charge in [0.2, 0.25) is 0 Å². The molecule has 198 valence electrons. The molecule has 3 aromatic carbocycles. The highest BCUT2D eigenvalue weighted by molar-refractivity contribution is 5.80. The van der Waals surface area contributed by atoms with Crippen LogP contribution >= 0.6 is 0 Å². The molecule has 0 unspecified atom stereocenters. The normalized spacial score (nSPS) is 14.7. The van der Waals surface area contributed by atoms with Crippen LogP contribution in [0, 0.1) is 11.6 Å². The molecule has 0 saturated carbocycles. The lowest BCUT2D eigenvalue weighted by molar-refractivity contribution is 0.105. The minimum Gasteiger partial charge on any atom is -0.493 e. The first-order valence-corrected chi connectivity index (χ1v) is 12.7. The Morgan fingerprint density at radius 2 is 1.47 bits per heavy atom. The topological polar surface area (TPSA) is 55.2 Å². The Bertz CT molecular complexity index is 1370. The molecule has 0 N–H and O–H groups in total. The first-order valence-electron chi connectivity index (χ1n) is 12.7. The highest BCUT2D eigenvalue weighted by atomic mass is 19.1. The van der Waals surface area contributed by atoms with E-state index in [0.29, 0.717) is 23.7 Å². The Morgan fingerprint density at radius 1 is 0.842 bits per heavy atom. The zero-order valence-corrected chi connectivity index (χ0v) is 21.2. The fourth-order valence-corrected chi connectivity index (χ4v) is 4.97. The maximum absolute atomic E-state index is 13.6. The number of nitrogens with zero attached hydrogens (tertiary/aromatic N) is 2. The Kier molecular flexibility index (Phi) is 8.00. The third kappa shape index (κ3) is 6.03. The molecule has 1 saturated heterocycles. The minimum atomic E-state index is -0.408. The number of piperazine rings is 1. The number of benzene rings is 3. The van der Waals surface area contributed by atoms with E-state index in [9.17, 15) is 13.6 Å². The number of fused-ring (bicyclic) bond motifs is 1. The van der Waals surface area contributed by atoms with Crippen molar-refractivity contribution in [3.8, 4) is 11.5 Å². The van der Waals surface area contributed by atoms with Crippen molar-refractivity contribution in [1.82, 2.24) is 9.80 Å². The van der Waals surface area contributed by atoms with Crippen LogP contribution in [-0.2, 0) is 0 Å². The quantitative estimate of drug-likeness (QED) is 0.222. The zero-order chi connectivity index (χ0) is 26.5. The molecule has 1 aliphatic rings. The predicted octanol–water partition coefficient (Wildman–Crippen LogP) is 5.26. The molecule has 4 aromatic rings. The molecule has 0 amide bonds. The molecular weight excluding hydrogens is 490 g/mol. The van der Waals surface area contributed by atoms with Crippen LogP contribution in [0.5, 0.6) is 11.5 Å². The molecule has 0 aliphatic carbocycles. The summed E-state index contributed by atoms with van der Waals surface area (Å²) in [7, 11) is 1.58. The van der Waals surface area contributed by atoms with E-state index in [1.165, 1.54) is 30.3 Å². The van der Waals surface area contributed by atoms with E-state index in [1.54, 1.807) is 49.6 Å². The Morgan fingerprint density at radius 3 is 2.08 bits per heavy atom. The summed E-state index contributed by atoms with van der Waals surface area (Å²) in [4.78, 5) is 16.3. The third-order valence-electron chi connectivity index (χ3n) is 6.93. The molecule has 0 spiro atoms. The second-order valence-corrected chi connectivity index (χ2v) is 9.38. The van der Waals surface area contributed by atoms with Crippen molar-refractivity contribution in [2.75, 3.05) is 46.4 Å². The molecule has 5 rings (SSSR count). The number of rotatable bonds is 9. The van der Waals surface area contributed by atoms with Crippen molar-refractivity contribution in [2.24, 2.45) is 0 Å². The van der Waals surface area contributed by atoms with Gasteiger partial charge in [-0.25, -0.2) is 13.6 Å². The Balaban J connectivity index is 1.17. The van der Waals surface area contributed by atoms with Gasteiger partial charge in [-0.05, 0) is 53.9 Å². The monoisotopic (exact) mass is 520 g/mol. The highest BCUT2D eigenvalue weighted by Crippen LogP contribution is 2.32. The lowest BCUT2D eigenvalue weighted by atomic mass is 9.96. The van der Waals surface area contributed by atoms with E-state index in [0.717, 1.165) is 55.7 Å². The van der Waals surface area contributed by atoms with E-state index in [-0.39, 0.29) is 17.7 Å². The molecule has 1 aromatic heterocycles. The van der Waals surface area contributed by atoms with Gasteiger partial charge in [0, 0.05) is 50.2 Å². The van der Waals surface area contributed by atoms with Gasteiger partial charge in [-0.1, -0.05) is 24.3 Å². The maximum Gasteiger partial charge on any atom is 0.336 e. The van der Waals surface area contributed by atoms with Crippen LogP contribution < -0.4 is 15.1 Å². The molecule has 6 nitrogen and oxygen atoms in total. The van der Waals surface area contributed by atoms with Crippen LogP contribution in [0.1, 0.15) is 23.6 Å². The zero-order valence-electron chi connectivity index (χ0n) is 21.2. The van der Waals surface area contributed by atoms with Gasteiger partial charge in [0.15, 0.2) is 11.5 Å². The van der Waals surface area contributed by atoms with Crippen LogP contribution in [0.2, 0.25) is 0 Å². The van der Waals surface area contributed by atoms with Crippen LogP contribution in [0.25, 0.3) is 11.0 Å². The van der Waals surface area contributed by atoms with Gasteiger partial charge in [-0.3, -0.25) is 4.90 Å². The van der Waals surface area contributed by atoms with Crippen molar-refractivity contribution in [3.63, 3.8) is 0 Å². The number of hydrogen-bond acceptors (Lipinski definition) is 6. The number of hydrogen-bond donors (Lipinski definition) is 0. The molecule has 1 fully saturated rings. The molecular formula is C30H30F2N2O4. The summed E-state index contributed by atoms with van der Waals surface area (Å²) in [6, 6.07) is 19.6. The molecule has 0 bridgehead atoms. The average molecular weight is 521 g/mol. The molecule has 2 heterocycles. The largest absolute Gasteiger partial charge is 0.493 e. The lowest BCUT2D eigenvalue weighted by Crippen LogP contribution is -2.48. The summed E-state index contributed by atoms with van der Waals surface area (Å²) in [6.07, 6.45) is 0.819. The average Bonchev–Trinajstić information content (AvgIpc) is 2.93. The second-order valence-electron chi connectivity index (χ2n) is 9.38. The minimum absolute atomic E-state index is 0.0675. The summed E-state index contributed by atoms with van der Waals surface area (Å²) in [6.45, 7) is 4.78. The summed E-state index contributed by atoms with van der Waals surface area (Å²) in [5, 5.41) is 0.770. The second kappa shape index (κ2) is 11.8.